The molecular weight excluding hydrogens is 235 g/mol. The highest BCUT2D eigenvalue weighted by Crippen LogP contribution is 2.24. The third kappa shape index (κ3) is 2.17. The molecule has 1 heterocycles. The van der Waals surface area contributed by atoms with Gasteiger partial charge in [0.25, 0.3) is 0 Å². The Labute approximate surface area is 95.5 Å². The zero-order valence-electron chi connectivity index (χ0n) is 7.65. The summed E-state index contributed by atoms with van der Waals surface area (Å²) >= 11 is 7.08. The van der Waals surface area contributed by atoms with Crippen molar-refractivity contribution in [1.82, 2.24) is 4.98 Å². The maximum atomic E-state index is 13.5. The van der Waals surface area contributed by atoms with Gasteiger partial charge < -0.3 is 5.73 Å². The van der Waals surface area contributed by atoms with Gasteiger partial charge in [-0.05, 0) is 12.1 Å². The van der Waals surface area contributed by atoms with Crippen molar-refractivity contribution in [3.8, 4) is 0 Å². The minimum Gasteiger partial charge on any atom is -0.319 e. The Morgan fingerprint density at radius 2 is 2.27 bits per heavy atom. The number of nitrogens with two attached hydrogens (primary N) is 1. The molecule has 1 atom stereocenters. The van der Waals surface area contributed by atoms with Crippen LogP contribution in [0.4, 0.5) is 4.39 Å². The predicted molar refractivity (Wildman–Crippen MR) is 59.6 cm³/mol. The fourth-order valence-electron chi connectivity index (χ4n) is 1.29. The molecule has 0 aliphatic carbocycles. The van der Waals surface area contributed by atoms with Crippen LogP contribution in [0, 0.1) is 5.82 Å². The van der Waals surface area contributed by atoms with Crippen LogP contribution in [0.3, 0.4) is 0 Å². The quantitative estimate of drug-likeness (QED) is 0.879. The molecule has 0 spiro atoms. The van der Waals surface area contributed by atoms with Gasteiger partial charge in [-0.25, -0.2) is 9.37 Å². The third-order valence-corrected chi connectivity index (χ3v) is 2.91. The van der Waals surface area contributed by atoms with Crippen molar-refractivity contribution in [3.05, 3.63) is 51.2 Å². The summed E-state index contributed by atoms with van der Waals surface area (Å²) in [4.78, 5) is 4.05. The standard InChI is InChI=1S/C10H8ClFN2S/c11-6-1-2-7(8(12)3-6)10(13)9-4-15-5-14-9/h1-5,10H,13H2. The van der Waals surface area contributed by atoms with Crippen LogP contribution in [-0.2, 0) is 0 Å². The Balaban J connectivity index is 2.38. The van der Waals surface area contributed by atoms with Crippen molar-refractivity contribution in [3.63, 3.8) is 0 Å². The minimum absolute atomic E-state index is 0.363. The molecule has 0 fully saturated rings. The maximum absolute atomic E-state index is 13.5. The number of benzene rings is 1. The lowest BCUT2D eigenvalue weighted by Crippen LogP contribution is -2.13. The number of hydrogen-bond acceptors (Lipinski definition) is 3. The first-order valence-electron chi connectivity index (χ1n) is 4.27. The Bertz CT molecular complexity index is 458. The molecule has 2 N–H and O–H groups in total. The highest BCUT2D eigenvalue weighted by atomic mass is 35.5. The Morgan fingerprint density at radius 1 is 1.47 bits per heavy atom. The average Bonchev–Trinajstić information content (AvgIpc) is 2.69. The fourth-order valence-corrected chi connectivity index (χ4v) is 2.04. The van der Waals surface area contributed by atoms with Gasteiger partial charge in [-0.15, -0.1) is 11.3 Å². The second-order valence-electron chi connectivity index (χ2n) is 3.06. The van der Waals surface area contributed by atoms with Crippen molar-refractivity contribution in [2.24, 2.45) is 5.73 Å². The third-order valence-electron chi connectivity index (χ3n) is 2.07. The molecule has 0 amide bonds. The minimum atomic E-state index is -0.534. The second-order valence-corrected chi connectivity index (χ2v) is 4.21. The molecule has 1 aromatic carbocycles. The van der Waals surface area contributed by atoms with E-state index in [0.717, 1.165) is 0 Å². The van der Waals surface area contributed by atoms with Gasteiger partial charge in [0.05, 0.1) is 17.2 Å². The van der Waals surface area contributed by atoms with E-state index in [2.05, 4.69) is 4.98 Å². The lowest BCUT2D eigenvalue weighted by molar-refractivity contribution is 0.598. The van der Waals surface area contributed by atoms with Crippen LogP contribution in [0.5, 0.6) is 0 Å². The number of halogens is 2. The predicted octanol–water partition coefficient (Wildman–Crippen LogP) is 2.98. The van der Waals surface area contributed by atoms with Crippen LogP contribution in [0.2, 0.25) is 5.02 Å². The summed E-state index contributed by atoms with van der Waals surface area (Å²) in [6.07, 6.45) is 0. The van der Waals surface area contributed by atoms with Crippen LogP contribution >= 0.6 is 22.9 Å². The molecule has 1 aromatic heterocycles. The van der Waals surface area contributed by atoms with Crippen LogP contribution in [0.1, 0.15) is 17.3 Å². The molecule has 2 aromatic rings. The summed E-state index contributed by atoms with van der Waals surface area (Å²) < 4.78 is 13.5. The monoisotopic (exact) mass is 242 g/mol. The lowest BCUT2D eigenvalue weighted by Gasteiger charge is -2.10. The summed E-state index contributed by atoms with van der Waals surface area (Å²) in [5, 5.41) is 2.17. The van der Waals surface area contributed by atoms with E-state index in [4.69, 9.17) is 17.3 Å². The molecule has 0 radical (unpaired) electrons. The molecule has 2 nitrogen and oxygen atoms in total. The van der Waals surface area contributed by atoms with E-state index >= 15 is 0 Å². The zero-order chi connectivity index (χ0) is 10.8. The maximum Gasteiger partial charge on any atom is 0.129 e. The number of nitrogens with zero attached hydrogens (tertiary/aromatic N) is 1. The topological polar surface area (TPSA) is 38.9 Å². The second kappa shape index (κ2) is 4.26. The zero-order valence-corrected chi connectivity index (χ0v) is 9.23. The first-order chi connectivity index (χ1) is 7.18. The molecule has 2 rings (SSSR count). The largest absolute Gasteiger partial charge is 0.319 e. The van der Waals surface area contributed by atoms with E-state index in [1.807, 2.05) is 0 Å². The summed E-state index contributed by atoms with van der Waals surface area (Å²) in [6, 6.07) is 3.92. The van der Waals surface area contributed by atoms with Crippen LogP contribution in [0.15, 0.2) is 29.1 Å². The Kier molecular flexibility index (Phi) is 3.00. The Morgan fingerprint density at radius 3 is 2.87 bits per heavy atom. The van der Waals surface area contributed by atoms with Gasteiger partial charge in [0.1, 0.15) is 5.82 Å². The molecule has 78 valence electrons. The van der Waals surface area contributed by atoms with E-state index in [9.17, 15) is 4.39 Å². The van der Waals surface area contributed by atoms with Crippen molar-refractivity contribution < 1.29 is 4.39 Å². The summed E-state index contributed by atoms with van der Waals surface area (Å²) in [5.41, 5.74) is 8.62. The lowest BCUT2D eigenvalue weighted by atomic mass is 10.1. The molecule has 0 aliphatic rings. The van der Waals surface area contributed by atoms with Crippen LogP contribution < -0.4 is 5.73 Å². The van der Waals surface area contributed by atoms with Crippen molar-refractivity contribution in [2.45, 2.75) is 6.04 Å². The van der Waals surface area contributed by atoms with Gasteiger partial charge in [-0.3, -0.25) is 0 Å². The molecule has 0 aliphatic heterocycles. The molecule has 0 saturated heterocycles. The molecular formula is C10H8ClFN2S. The summed E-state index contributed by atoms with van der Waals surface area (Å²) in [6.45, 7) is 0. The van der Waals surface area contributed by atoms with E-state index in [1.54, 1.807) is 23.0 Å². The Hall–Kier alpha value is -0.970. The van der Waals surface area contributed by atoms with Crippen LogP contribution in [-0.4, -0.2) is 4.98 Å². The first kappa shape index (κ1) is 10.5. The van der Waals surface area contributed by atoms with Crippen molar-refractivity contribution in [2.75, 3.05) is 0 Å². The van der Waals surface area contributed by atoms with Crippen molar-refractivity contribution in [1.29, 1.82) is 0 Å². The molecule has 1 unspecified atom stereocenters. The molecule has 15 heavy (non-hydrogen) atoms. The number of aromatic nitrogens is 1. The average molecular weight is 243 g/mol. The van der Waals surface area contributed by atoms with Gasteiger partial charge in [-0.2, -0.15) is 0 Å². The molecule has 0 bridgehead atoms. The van der Waals surface area contributed by atoms with E-state index < -0.39 is 11.9 Å². The highest BCUT2D eigenvalue weighted by molar-refractivity contribution is 7.07. The van der Waals surface area contributed by atoms with Gasteiger partial charge in [-0.1, -0.05) is 17.7 Å². The van der Waals surface area contributed by atoms with Gasteiger partial charge in [0, 0.05) is 16.0 Å². The molecule has 0 saturated carbocycles. The van der Waals surface area contributed by atoms with E-state index in [0.29, 0.717) is 16.3 Å². The van der Waals surface area contributed by atoms with Gasteiger partial charge in [0.15, 0.2) is 0 Å². The summed E-state index contributed by atoms with van der Waals surface area (Å²) in [5.74, 6) is -0.400. The van der Waals surface area contributed by atoms with Gasteiger partial charge >= 0.3 is 0 Å². The van der Waals surface area contributed by atoms with E-state index in [1.165, 1.54) is 17.4 Å². The molecule has 5 heteroatoms. The van der Waals surface area contributed by atoms with Crippen molar-refractivity contribution >= 4 is 22.9 Å². The van der Waals surface area contributed by atoms with Gasteiger partial charge in [0.2, 0.25) is 0 Å². The number of thiazole rings is 1. The smallest absolute Gasteiger partial charge is 0.129 e. The first-order valence-corrected chi connectivity index (χ1v) is 5.59. The fraction of sp³-hybridized carbons (Fsp3) is 0.100. The normalized spacial score (nSPS) is 12.7. The summed E-state index contributed by atoms with van der Waals surface area (Å²) in [7, 11) is 0. The SMILES string of the molecule is NC(c1cscn1)c1ccc(Cl)cc1F. The number of rotatable bonds is 2. The van der Waals surface area contributed by atoms with E-state index in [-0.39, 0.29) is 0 Å². The van der Waals surface area contributed by atoms with Crippen LogP contribution in [0.25, 0.3) is 0 Å². The highest BCUT2D eigenvalue weighted by Gasteiger charge is 2.15. The number of hydrogen-bond donors (Lipinski definition) is 1.